The van der Waals surface area contributed by atoms with E-state index in [0.717, 1.165) is 11.8 Å². The maximum atomic E-state index is 11.0. The highest BCUT2D eigenvalue weighted by Gasteiger charge is 2.18. The van der Waals surface area contributed by atoms with Crippen LogP contribution in [0.4, 0.5) is 0 Å². The highest BCUT2D eigenvalue weighted by Crippen LogP contribution is 2.39. The topological polar surface area (TPSA) is 44.8 Å². The summed E-state index contributed by atoms with van der Waals surface area (Å²) in [5, 5.41) is 0. The monoisotopic (exact) mass is 238 g/mol. The molecule has 0 unspecified atom stereocenters. The lowest BCUT2D eigenvalue weighted by atomic mass is 10.1. The summed E-state index contributed by atoms with van der Waals surface area (Å²) in [6, 6.07) is 1.64. The Morgan fingerprint density at radius 3 is 2.18 bits per heavy atom. The van der Waals surface area contributed by atoms with Crippen LogP contribution in [0.15, 0.2) is 6.07 Å². The molecule has 4 nitrogen and oxygen atoms in total. The van der Waals surface area contributed by atoms with Gasteiger partial charge < -0.3 is 14.2 Å². The number of carbonyl (C=O) groups is 1. The average molecular weight is 238 g/mol. The standard InChI is InChI=1S/C13H18O4/c1-8(2)17-11-6-10(7-14)12(15-4)9(3)13(11)16-5/h6-8H,1-5H3. The van der Waals surface area contributed by atoms with Crippen molar-refractivity contribution >= 4 is 6.29 Å². The van der Waals surface area contributed by atoms with Gasteiger partial charge in [-0.15, -0.1) is 0 Å². The van der Waals surface area contributed by atoms with Gasteiger partial charge >= 0.3 is 0 Å². The summed E-state index contributed by atoms with van der Waals surface area (Å²) in [7, 11) is 3.09. The average Bonchev–Trinajstić information content (AvgIpc) is 2.28. The predicted molar refractivity (Wildman–Crippen MR) is 65.4 cm³/mol. The first-order valence-electron chi connectivity index (χ1n) is 5.42. The first kappa shape index (κ1) is 13.4. The van der Waals surface area contributed by atoms with Crippen molar-refractivity contribution in [3.63, 3.8) is 0 Å². The van der Waals surface area contributed by atoms with Crippen LogP contribution in [0.25, 0.3) is 0 Å². The van der Waals surface area contributed by atoms with Gasteiger partial charge in [-0.25, -0.2) is 0 Å². The quantitative estimate of drug-likeness (QED) is 0.740. The molecule has 0 aliphatic carbocycles. The summed E-state index contributed by atoms with van der Waals surface area (Å²) < 4.78 is 16.1. The molecule has 0 heterocycles. The molecule has 0 saturated carbocycles. The van der Waals surface area contributed by atoms with Gasteiger partial charge in [0.15, 0.2) is 17.8 Å². The van der Waals surface area contributed by atoms with Gasteiger partial charge in [-0.05, 0) is 26.8 Å². The second kappa shape index (κ2) is 5.57. The lowest BCUT2D eigenvalue weighted by Crippen LogP contribution is -2.08. The molecule has 0 aromatic heterocycles. The van der Waals surface area contributed by atoms with E-state index in [-0.39, 0.29) is 6.10 Å². The molecule has 0 N–H and O–H groups in total. The van der Waals surface area contributed by atoms with Gasteiger partial charge in [0, 0.05) is 5.56 Å². The molecular weight excluding hydrogens is 220 g/mol. The van der Waals surface area contributed by atoms with Gasteiger partial charge in [0.1, 0.15) is 5.75 Å². The third-order valence-corrected chi connectivity index (χ3v) is 2.35. The van der Waals surface area contributed by atoms with E-state index in [2.05, 4.69) is 0 Å². The molecule has 4 heteroatoms. The van der Waals surface area contributed by atoms with Crippen molar-refractivity contribution < 1.29 is 19.0 Å². The molecule has 0 aliphatic rings. The SMILES string of the molecule is COc1c(C=O)cc(OC(C)C)c(OC)c1C. The minimum Gasteiger partial charge on any atom is -0.496 e. The molecule has 94 valence electrons. The Bertz CT molecular complexity index is 410. The van der Waals surface area contributed by atoms with E-state index in [1.165, 1.54) is 7.11 Å². The van der Waals surface area contributed by atoms with Gasteiger partial charge in [-0.3, -0.25) is 4.79 Å². The van der Waals surface area contributed by atoms with Crippen LogP contribution in [0.3, 0.4) is 0 Å². The van der Waals surface area contributed by atoms with Crippen LogP contribution in [0.1, 0.15) is 29.8 Å². The molecule has 1 rings (SSSR count). The molecule has 0 amide bonds. The van der Waals surface area contributed by atoms with Crippen LogP contribution in [-0.2, 0) is 0 Å². The Hall–Kier alpha value is -1.71. The van der Waals surface area contributed by atoms with E-state index in [9.17, 15) is 4.79 Å². The number of hydrogen-bond donors (Lipinski definition) is 0. The van der Waals surface area contributed by atoms with Gasteiger partial charge in [-0.2, -0.15) is 0 Å². The predicted octanol–water partition coefficient (Wildman–Crippen LogP) is 2.61. The number of ether oxygens (including phenoxy) is 3. The molecule has 0 bridgehead atoms. The number of hydrogen-bond acceptors (Lipinski definition) is 4. The zero-order valence-electron chi connectivity index (χ0n) is 10.9. The molecule has 0 radical (unpaired) electrons. The van der Waals surface area contributed by atoms with E-state index in [1.807, 2.05) is 20.8 Å². The normalized spacial score (nSPS) is 10.2. The Morgan fingerprint density at radius 1 is 1.18 bits per heavy atom. The zero-order chi connectivity index (χ0) is 13.0. The molecule has 0 spiro atoms. The molecular formula is C13H18O4. The summed E-state index contributed by atoms with van der Waals surface area (Å²) >= 11 is 0. The summed E-state index contributed by atoms with van der Waals surface area (Å²) in [4.78, 5) is 11.0. The lowest BCUT2D eigenvalue weighted by molar-refractivity contribution is 0.111. The molecule has 0 fully saturated rings. The number of aldehydes is 1. The van der Waals surface area contributed by atoms with Crippen molar-refractivity contribution in [2.24, 2.45) is 0 Å². The molecule has 17 heavy (non-hydrogen) atoms. The zero-order valence-corrected chi connectivity index (χ0v) is 10.9. The van der Waals surface area contributed by atoms with E-state index < -0.39 is 0 Å². The Kier molecular flexibility index (Phi) is 4.37. The first-order valence-corrected chi connectivity index (χ1v) is 5.42. The van der Waals surface area contributed by atoms with Crippen LogP contribution >= 0.6 is 0 Å². The van der Waals surface area contributed by atoms with E-state index in [1.54, 1.807) is 13.2 Å². The first-order chi connectivity index (χ1) is 8.04. The summed E-state index contributed by atoms with van der Waals surface area (Å²) in [5.74, 6) is 1.68. The summed E-state index contributed by atoms with van der Waals surface area (Å²) in [6.07, 6.45) is 0.759. The molecule has 0 aliphatic heterocycles. The van der Waals surface area contributed by atoms with Crippen LogP contribution in [0, 0.1) is 6.92 Å². The van der Waals surface area contributed by atoms with Crippen molar-refractivity contribution in [3.05, 3.63) is 17.2 Å². The summed E-state index contributed by atoms with van der Waals surface area (Å²) in [6.45, 7) is 5.66. The maximum Gasteiger partial charge on any atom is 0.167 e. The Balaban J connectivity index is 3.39. The highest BCUT2D eigenvalue weighted by atomic mass is 16.5. The van der Waals surface area contributed by atoms with Crippen molar-refractivity contribution in [2.75, 3.05) is 14.2 Å². The third-order valence-electron chi connectivity index (χ3n) is 2.35. The van der Waals surface area contributed by atoms with Crippen molar-refractivity contribution in [1.82, 2.24) is 0 Å². The fourth-order valence-corrected chi connectivity index (χ4v) is 1.73. The number of methoxy groups -OCH3 is 2. The van der Waals surface area contributed by atoms with Crippen LogP contribution in [0.5, 0.6) is 17.2 Å². The fourth-order valence-electron chi connectivity index (χ4n) is 1.73. The van der Waals surface area contributed by atoms with Gasteiger partial charge in [0.2, 0.25) is 0 Å². The molecule has 0 atom stereocenters. The van der Waals surface area contributed by atoms with Crippen LogP contribution < -0.4 is 14.2 Å². The van der Waals surface area contributed by atoms with Gasteiger partial charge in [0.25, 0.3) is 0 Å². The van der Waals surface area contributed by atoms with E-state index in [4.69, 9.17) is 14.2 Å². The van der Waals surface area contributed by atoms with Crippen molar-refractivity contribution in [1.29, 1.82) is 0 Å². The molecule has 1 aromatic rings. The second-order valence-corrected chi connectivity index (χ2v) is 3.94. The third kappa shape index (κ3) is 2.70. The summed E-state index contributed by atoms with van der Waals surface area (Å²) in [5.41, 5.74) is 1.22. The number of carbonyl (C=O) groups excluding carboxylic acids is 1. The minimum absolute atomic E-state index is 0.0104. The second-order valence-electron chi connectivity index (χ2n) is 3.94. The lowest BCUT2D eigenvalue weighted by Gasteiger charge is -2.18. The van der Waals surface area contributed by atoms with Crippen molar-refractivity contribution in [3.8, 4) is 17.2 Å². The number of benzene rings is 1. The van der Waals surface area contributed by atoms with E-state index >= 15 is 0 Å². The Morgan fingerprint density at radius 2 is 1.76 bits per heavy atom. The van der Waals surface area contributed by atoms with E-state index in [0.29, 0.717) is 22.8 Å². The van der Waals surface area contributed by atoms with Gasteiger partial charge in [-0.1, -0.05) is 0 Å². The molecule has 0 saturated heterocycles. The Labute approximate surface area is 101 Å². The van der Waals surface area contributed by atoms with Crippen molar-refractivity contribution in [2.45, 2.75) is 26.9 Å². The van der Waals surface area contributed by atoms with Gasteiger partial charge in [0.05, 0.1) is 25.9 Å². The van der Waals surface area contributed by atoms with Crippen LogP contribution in [0.2, 0.25) is 0 Å². The smallest absolute Gasteiger partial charge is 0.167 e. The largest absolute Gasteiger partial charge is 0.496 e. The maximum absolute atomic E-state index is 11.0. The highest BCUT2D eigenvalue weighted by molar-refractivity contribution is 5.82. The molecule has 1 aromatic carbocycles. The van der Waals surface area contributed by atoms with Crippen LogP contribution in [-0.4, -0.2) is 26.6 Å². The minimum atomic E-state index is 0.0104. The number of rotatable bonds is 5. The fraction of sp³-hybridized carbons (Fsp3) is 0.462.